The second-order valence-electron chi connectivity index (χ2n) is 6.39. The Hall–Kier alpha value is -3.03. The maximum absolute atomic E-state index is 12.9. The van der Waals surface area contributed by atoms with E-state index in [-0.39, 0.29) is 24.6 Å². The van der Waals surface area contributed by atoms with Crippen LogP contribution in [0.5, 0.6) is 5.75 Å². The molecule has 0 saturated carbocycles. The first kappa shape index (κ1) is 19.7. The fourth-order valence-corrected chi connectivity index (χ4v) is 3.06. The van der Waals surface area contributed by atoms with Gasteiger partial charge in [-0.1, -0.05) is 12.1 Å². The Kier molecular flexibility index (Phi) is 5.58. The van der Waals surface area contributed by atoms with Gasteiger partial charge in [-0.05, 0) is 36.4 Å². The van der Waals surface area contributed by atoms with E-state index < -0.39 is 17.6 Å². The number of halogens is 3. The van der Waals surface area contributed by atoms with Gasteiger partial charge in [0, 0.05) is 37.3 Å². The summed E-state index contributed by atoms with van der Waals surface area (Å²) in [6.45, 7) is 1.12. The molecule has 8 heteroatoms. The molecule has 5 nitrogen and oxygen atoms in total. The van der Waals surface area contributed by atoms with Crippen LogP contribution in [-0.2, 0) is 6.18 Å². The molecule has 0 radical (unpaired) electrons. The summed E-state index contributed by atoms with van der Waals surface area (Å²) >= 11 is 0. The first-order valence-corrected chi connectivity index (χ1v) is 8.69. The molecule has 2 aromatic carbocycles. The Morgan fingerprint density at radius 3 is 1.86 bits per heavy atom. The summed E-state index contributed by atoms with van der Waals surface area (Å²) < 4.78 is 43.7. The van der Waals surface area contributed by atoms with Gasteiger partial charge in [-0.15, -0.1) is 0 Å². The molecule has 0 spiro atoms. The van der Waals surface area contributed by atoms with Crippen LogP contribution in [0.2, 0.25) is 0 Å². The molecule has 2 amide bonds. The van der Waals surface area contributed by atoms with Crippen LogP contribution in [-0.4, -0.2) is 54.9 Å². The molecule has 0 unspecified atom stereocenters. The van der Waals surface area contributed by atoms with E-state index >= 15 is 0 Å². The fourth-order valence-electron chi connectivity index (χ4n) is 3.06. The van der Waals surface area contributed by atoms with Gasteiger partial charge in [0.05, 0.1) is 12.7 Å². The molecule has 0 atom stereocenters. The van der Waals surface area contributed by atoms with Crippen LogP contribution in [0.15, 0.2) is 48.5 Å². The maximum Gasteiger partial charge on any atom is 0.416 e. The van der Waals surface area contributed by atoms with Crippen LogP contribution in [0.1, 0.15) is 26.3 Å². The molecule has 1 aliphatic rings. The summed E-state index contributed by atoms with van der Waals surface area (Å²) in [7, 11) is 1.52. The van der Waals surface area contributed by atoms with E-state index in [0.29, 0.717) is 24.4 Å². The minimum Gasteiger partial charge on any atom is -0.497 e. The molecule has 28 heavy (non-hydrogen) atoms. The molecule has 148 valence electrons. The number of rotatable bonds is 3. The van der Waals surface area contributed by atoms with Crippen molar-refractivity contribution in [1.29, 1.82) is 0 Å². The van der Waals surface area contributed by atoms with Crippen LogP contribution in [0.3, 0.4) is 0 Å². The smallest absolute Gasteiger partial charge is 0.416 e. The normalized spacial score (nSPS) is 14.7. The highest BCUT2D eigenvalue weighted by Gasteiger charge is 2.32. The lowest BCUT2D eigenvalue weighted by atomic mass is 10.1. The van der Waals surface area contributed by atoms with Crippen molar-refractivity contribution in [2.24, 2.45) is 0 Å². The molecule has 1 saturated heterocycles. The van der Waals surface area contributed by atoms with Gasteiger partial charge >= 0.3 is 6.18 Å². The summed E-state index contributed by atoms with van der Waals surface area (Å²) in [5, 5.41) is 0. The molecule has 2 aromatic rings. The fraction of sp³-hybridized carbons (Fsp3) is 0.300. The molecule has 1 aliphatic heterocycles. The molecule has 0 aromatic heterocycles. The average Bonchev–Trinajstić information content (AvgIpc) is 2.72. The second-order valence-corrected chi connectivity index (χ2v) is 6.39. The summed E-state index contributed by atoms with van der Waals surface area (Å²) in [5.41, 5.74) is -0.385. The minimum atomic E-state index is -4.50. The lowest BCUT2D eigenvalue weighted by Crippen LogP contribution is -2.50. The number of ether oxygens (including phenoxy) is 1. The Bertz CT molecular complexity index is 875. The SMILES string of the molecule is COc1cccc(C(=O)N2CCN(C(=O)c3cccc(C(F)(F)F)c3)CC2)c1. The lowest BCUT2D eigenvalue weighted by molar-refractivity contribution is -0.137. The Labute approximate surface area is 160 Å². The zero-order valence-electron chi connectivity index (χ0n) is 15.2. The number of alkyl halides is 3. The Balaban J connectivity index is 1.65. The van der Waals surface area contributed by atoms with Crippen LogP contribution in [0.25, 0.3) is 0 Å². The number of amides is 2. The van der Waals surface area contributed by atoms with E-state index in [1.807, 2.05) is 0 Å². The summed E-state index contributed by atoms with van der Waals surface area (Å²) in [5.74, 6) is -0.0751. The summed E-state index contributed by atoms with van der Waals surface area (Å²) in [6.07, 6.45) is -4.50. The molecular formula is C20H19F3N2O3. The highest BCUT2D eigenvalue weighted by atomic mass is 19.4. The quantitative estimate of drug-likeness (QED) is 0.805. The van der Waals surface area contributed by atoms with Crippen LogP contribution in [0.4, 0.5) is 13.2 Å². The zero-order chi connectivity index (χ0) is 20.3. The molecular weight excluding hydrogens is 373 g/mol. The number of nitrogens with zero attached hydrogens (tertiary/aromatic N) is 2. The largest absolute Gasteiger partial charge is 0.497 e. The van der Waals surface area contributed by atoms with Crippen molar-refractivity contribution in [3.63, 3.8) is 0 Å². The number of piperazine rings is 1. The number of benzene rings is 2. The Morgan fingerprint density at radius 1 is 0.857 bits per heavy atom. The molecule has 0 aliphatic carbocycles. The number of carbonyl (C=O) groups excluding carboxylic acids is 2. The van der Waals surface area contributed by atoms with Gasteiger partial charge in [0.2, 0.25) is 0 Å². The standard InChI is InChI=1S/C20H19F3N2O3/c1-28-17-7-3-5-15(13-17)19(27)25-10-8-24(9-11-25)18(26)14-4-2-6-16(12-14)20(21,22)23/h2-7,12-13H,8-11H2,1H3. The third-order valence-corrected chi connectivity index (χ3v) is 4.61. The maximum atomic E-state index is 12.9. The molecule has 3 rings (SSSR count). The van der Waals surface area contributed by atoms with Crippen molar-refractivity contribution in [3.8, 4) is 5.75 Å². The van der Waals surface area contributed by atoms with Crippen molar-refractivity contribution >= 4 is 11.8 Å². The Morgan fingerprint density at radius 2 is 1.36 bits per heavy atom. The van der Waals surface area contributed by atoms with Gasteiger partial charge in [0.1, 0.15) is 5.75 Å². The van der Waals surface area contributed by atoms with E-state index in [1.54, 1.807) is 29.2 Å². The van der Waals surface area contributed by atoms with Gasteiger partial charge < -0.3 is 14.5 Å². The van der Waals surface area contributed by atoms with E-state index in [0.717, 1.165) is 12.1 Å². The van der Waals surface area contributed by atoms with Crippen molar-refractivity contribution in [2.75, 3.05) is 33.3 Å². The van der Waals surface area contributed by atoms with Crippen LogP contribution >= 0.6 is 0 Å². The van der Waals surface area contributed by atoms with E-state index in [9.17, 15) is 22.8 Å². The predicted octanol–water partition coefficient (Wildman–Crippen LogP) is 3.31. The van der Waals surface area contributed by atoms with E-state index in [4.69, 9.17) is 4.74 Å². The number of carbonyl (C=O) groups is 2. The molecule has 0 N–H and O–H groups in total. The lowest BCUT2D eigenvalue weighted by Gasteiger charge is -2.35. The average molecular weight is 392 g/mol. The van der Waals surface area contributed by atoms with Gasteiger partial charge in [-0.3, -0.25) is 9.59 Å². The van der Waals surface area contributed by atoms with Gasteiger partial charge in [0.15, 0.2) is 0 Å². The van der Waals surface area contributed by atoms with Gasteiger partial charge in [0.25, 0.3) is 11.8 Å². The number of methoxy groups -OCH3 is 1. The summed E-state index contributed by atoms with van der Waals surface area (Å²) in [4.78, 5) is 28.2. The van der Waals surface area contributed by atoms with Crippen molar-refractivity contribution in [2.45, 2.75) is 6.18 Å². The van der Waals surface area contributed by atoms with E-state index in [2.05, 4.69) is 0 Å². The number of hydrogen-bond donors (Lipinski definition) is 0. The molecule has 0 bridgehead atoms. The monoisotopic (exact) mass is 392 g/mol. The van der Waals surface area contributed by atoms with Gasteiger partial charge in [-0.2, -0.15) is 13.2 Å². The topological polar surface area (TPSA) is 49.9 Å². The summed E-state index contributed by atoms with van der Waals surface area (Å²) in [6, 6.07) is 11.2. The van der Waals surface area contributed by atoms with Crippen molar-refractivity contribution < 1.29 is 27.5 Å². The zero-order valence-corrected chi connectivity index (χ0v) is 15.2. The third-order valence-electron chi connectivity index (χ3n) is 4.61. The first-order valence-electron chi connectivity index (χ1n) is 8.69. The molecule has 1 fully saturated rings. The highest BCUT2D eigenvalue weighted by Crippen LogP contribution is 2.29. The third kappa shape index (κ3) is 4.27. The van der Waals surface area contributed by atoms with Gasteiger partial charge in [-0.25, -0.2) is 0 Å². The first-order chi connectivity index (χ1) is 13.3. The van der Waals surface area contributed by atoms with Crippen molar-refractivity contribution in [3.05, 3.63) is 65.2 Å². The van der Waals surface area contributed by atoms with Crippen molar-refractivity contribution in [1.82, 2.24) is 9.80 Å². The number of hydrogen-bond acceptors (Lipinski definition) is 3. The molecule has 1 heterocycles. The van der Waals surface area contributed by atoms with Crippen LogP contribution in [0, 0.1) is 0 Å². The second kappa shape index (κ2) is 7.92. The highest BCUT2D eigenvalue weighted by molar-refractivity contribution is 5.96. The van der Waals surface area contributed by atoms with Crippen LogP contribution < -0.4 is 4.74 Å². The minimum absolute atomic E-state index is 0.0117. The predicted molar refractivity (Wildman–Crippen MR) is 96.2 cm³/mol. The van der Waals surface area contributed by atoms with E-state index in [1.165, 1.54) is 24.1 Å².